The van der Waals surface area contributed by atoms with Crippen molar-refractivity contribution in [3.63, 3.8) is 0 Å². The highest BCUT2D eigenvalue weighted by atomic mass is 16.2. The third-order valence-corrected chi connectivity index (χ3v) is 5.57. The fourth-order valence-electron chi connectivity index (χ4n) is 4.22. The summed E-state index contributed by atoms with van der Waals surface area (Å²) in [7, 11) is 0. The van der Waals surface area contributed by atoms with Crippen LogP contribution < -0.4 is 0 Å². The summed E-state index contributed by atoms with van der Waals surface area (Å²) in [5.41, 5.74) is 2.17. The summed E-state index contributed by atoms with van der Waals surface area (Å²) in [6.45, 7) is 12.9. The van der Waals surface area contributed by atoms with Crippen LogP contribution in [0.1, 0.15) is 42.8 Å². The lowest BCUT2D eigenvalue weighted by atomic mass is 10.1. The lowest BCUT2D eigenvalue weighted by molar-refractivity contribution is 0.0557. The van der Waals surface area contributed by atoms with E-state index in [9.17, 15) is 4.79 Å². The van der Waals surface area contributed by atoms with Gasteiger partial charge in [0.1, 0.15) is 6.33 Å². The zero-order valence-corrected chi connectivity index (χ0v) is 16.3. The van der Waals surface area contributed by atoms with Crippen LogP contribution >= 0.6 is 0 Å². The number of aromatic amines is 1. The van der Waals surface area contributed by atoms with E-state index in [1.165, 1.54) is 6.33 Å². The van der Waals surface area contributed by atoms with Crippen molar-refractivity contribution in [2.75, 3.05) is 26.2 Å². The molecule has 9 heteroatoms. The average Bonchev–Trinajstić information content (AvgIpc) is 3.29. The lowest BCUT2D eigenvalue weighted by Gasteiger charge is -2.41. The molecule has 1 unspecified atom stereocenters. The number of amides is 1. The first-order valence-electron chi connectivity index (χ1n) is 9.69. The maximum Gasteiger partial charge on any atom is 0.291 e. The number of nitrogens with one attached hydrogen (secondary N) is 1. The van der Waals surface area contributed by atoms with E-state index in [4.69, 9.17) is 5.10 Å². The van der Waals surface area contributed by atoms with Crippen molar-refractivity contribution in [3.8, 4) is 0 Å². The number of hydrogen-bond donors (Lipinski definition) is 1. The Morgan fingerprint density at radius 1 is 1.30 bits per heavy atom. The van der Waals surface area contributed by atoms with Gasteiger partial charge in [0, 0.05) is 44.8 Å². The molecule has 9 nitrogen and oxygen atoms in total. The average molecular weight is 372 g/mol. The maximum absolute atomic E-state index is 12.5. The van der Waals surface area contributed by atoms with Gasteiger partial charge in [-0.05, 0) is 26.8 Å². The Bertz CT molecular complexity index is 783. The molecule has 4 rings (SSSR count). The Morgan fingerprint density at radius 3 is 2.85 bits per heavy atom. The number of aromatic nitrogens is 5. The Labute approximate surface area is 159 Å². The van der Waals surface area contributed by atoms with Crippen molar-refractivity contribution < 1.29 is 4.79 Å². The normalized spacial score (nSPS) is 21.6. The molecule has 2 aromatic heterocycles. The second-order valence-corrected chi connectivity index (χ2v) is 7.83. The van der Waals surface area contributed by atoms with E-state index in [0.29, 0.717) is 37.5 Å². The highest BCUT2D eigenvalue weighted by molar-refractivity contribution is 5.90. The van der Waals surface area contributed by atoms with Gasteiger partial charge >= 0.3 is 0 Å². The van der Waals surface area contributed by atoms with Gasteiger partial charge < -0.3 is 4.90 Å². The highest BCUT2D eigenvalue weighted by Crippen LogP contribution is 2.18. The molecule has 4 heterocycles. The Hall–Kier alpha value is -2.26. The van der Waals surface area contributed by atoms with Gasteiger partial charge in [-0.3, -0.25) is 24.4 Å². The molecular formula is C18H28N8O. The van der Waals surface area contributed by atoms with Crippen LogP contribution in [0.15, 0.2) is 12.4 Å². The van der Waals surface area contributed by atoms with Crippen LogP contribution in [0.3, 0.4) is 0 Å². The van der Waals surface area contributed by atoms with Crippen molar-refractivity contribution in [2.45, 2.75) is 52.5 Å². The number of hydrogen-bond acceptors (Lipinski definition) is 6. The van der Waals surface area contributed by atoms with Crippen LogP contribution in [-0.2, 0) is 19.6 Å². The Kier molecular flexibility index (Phi) is 4.96. The highest BCUT2D eigenvalue weighted by Gasteiger charge is 2.28. The number of H-pyrrole nitrogens is 1. The van der Waals surface area contributed by atoms with Gasteiger partial charge in [0.05, 0.1) is 24.5 Å². The molecule has 2 aliphatic rings. The first kappa shape index (κ1) is 18.1. The fraction of sp³-hybridized carbons (Fsp3) is 0.667. The van der Waals surface area contributed by atoms with Crippen molar-refractivity contribution in [2.24, 2.45) is 0 Å². The van der Waals surface area contributed by atoms with E-state index in [0.717, 1.165) is 37.6 Å². The molecule has 1 atom stereocenters. The molecule has 1 amide bonds. The molecule has 0 aliphatic carbocycles. The summed E-state index contributed by atoms with van der Waals surface area (Å²) in [5, 5.41) is 11.2. The van der Waals surface area contributed by atoms with Crippen molar-refractivity contribution >= 4 is 5.91 Å². The minimum Gasteiger partial charge on any atom is -0.328 e. The smallest absolute Gasteiger partial charge is 0.291 e. The van der Waals surface area contributed by atoms with E-state index in [2.05, 4.69) is 51.8 Å². The SMILES string of the molecule is CC(C)N1CCN(Cc2cc3n(n2)CCN(C(=O)c2ncn[nH]2)C3)CC1C. The zero-order chi connectivity index (χ0) is 19.0. The summed E-state index contributed by atoms with van der Waals surface area (Å²) >= 11 is 0. The molecule has 1 fully saturated rings. The molecular weight excluding hydrogens is 344 g/mol. The van der Waals surface area contributed by atoms with E-state index in [1.807, 2.05) is 4.68 Å². The Morgan fingerprint density at radius 2 is 2.15 bits per heavy atom. The van der Waals surface area contributed by atoms with Crippen molar-refractivity contribution in [1.82, 2.24) is 39.7 Å². The molecule has 146 valence electrons. The molecule has 1 N–H and O–H groups in total. The minimum atomic E-state index is -0.111. The summed E-state index contributed by atoms with van der Waals surface area (Å²) in [4.78, 5) is 23.3. The minimum absolute atomic E-state index is 0.111. The first-order valence-corrected chi connectivity index (χ1v) is 9.69. The van der Waals surface area contributed by atoms with Crippen LogP contribution in [0.2, 0.25) is 0 Å². The molecule has 2 aromatic rings. The molecule has 1 saturated heterocycles. The van der Waals surface area contributed by atoms with Gasteiger partial charge in [0.15, 0.2) is 0 Å². The van der Waals surface area contributed by atoms with Crippen molar-refractivity contribution in [3.05, 3.63) is 29.6 Å². The number of carbonyl (C=O) groups is 1. The number of carbonyl (C=O) groups excluding carboxylic acids is 1. The summed E-state index contributed by atoms with van der Waals surface area (Å²) in [5.74, 6) is 0.181. The predicted molar refractivity (Wildman–Crippen MR) is 99.9 cm³/mol. The van der Waals surface area contributed by atoms with Crippen LogP contribution in [0.5, 0.6) is 0 Å². The fourth-order valence-corrected chi connectivity index (χ4v) is 4.22. The first-order chi connectivity index (χ1) is 13.0. The Balaban J connectivity index is 1.38. The number of nitrogens with zero attached hydrogens (tertiary/aromatic N) is 7. The van der Waals surface area contributed by atoms with Gasteiger partial charge in [-0.1, -0.05) is 0 Å². The van der Waals surface area contributed by atoms with Gasteiger partial charge in [0.2, 0.25) is 5.82 Å². The third-order valence-electron chi connectivity index (χ3n) is 5.57. The molecule has 0 aromatic carbocycles. The third kappa shape index (κ3) is 3.74. The predicted octanol–water partition coefficient (Wildman–Crippen LogP) is 0.572. The summed E-state index contributed by atoms with van der Waals surface area (Å²) < 4.78 is 2.04. The largest absolute Gasteiger partial charge is 0.328 e. The van der Waals surface area contributed by atoms with E-state index < -0.39 is 0 Å². The van der Waals surface area contributed by atoms with E-state index >= 15 is 0 Å². The second-order valence-electron chi connectivity index (χ2n) is 7.83. The molecule has 0 radical (unpaired) electrons. The summed E-state index contributed by atoms with van der Waals surface area (Å²) in [6, 6.07) is 3.29. The van der Waals surface area contributed by atoms with Gasteiger partial charge in [-0.2, -0.15) is 10.2 Å². The van der Waals surface area contributed by atoms with Crippen molar-refractivity contribution in [1.29, 1.82) is 0 Å². The van der Waals surface area contributed by atoms with E-state index in [-0.39, 0.29) is 5.91 Å². The van der Waals surface area contributed by atoms with Crippen LogP contribution in [-0.4, -0.2) is 83.8 Å². The number of piperazine rings is 1. The number of rotatable bonds is 4. The quantitative estimate of drug-likeness (QED) is 0.845. The zero-order valence-electron chi connectivity index (χ0n) is 16.3. The topological polar surface area (TPSA) is 86.2 Å². The van der Waals surface area contributed by atoms with Crippen LogP contribution in [0, 0.1) is 0 Å². The monoisotopic (exact) mass is 372 g/mol. The second kappa shape index (κ2) is 7.40. The van der Waals surface area contributed by atoms with E-state index in [1.54, 1.807) is 4.90 Å². The number of fused-ring (bicyclic) bond motifs is 1. The molecule has 0 bridgehead atoms. The molecule has 27 heavy (non-hydrogen) atoms. The maximum atomic E-state index is 12.5. The van der Waals surface area contributed by atoms with Gasteiger partial charge in [-0.25, -0.2) is 4.98 Å². The molecule has 0 saturated carbocycles. The standard InChI is InChI=1S/C18H28N8O/c1-13(2)25-6-4-23(9-14(25)3)10-15-8-16-11-24(5-7-26(16)22-15)18(27)17-19-12-20-21-17/h8,12-14H,4-7,9-11H2,1-3H3,(H,19,20,21). The van der Waals surface area contributed by atoms with Gasteiger partial charge in [0.25, 0.3) is 5.91 Å². The molecule has 0 spiro atoms. The van der Waals surface area contributed by atoms with Crippen LogP contribution in [0.4, 0.5) is 0 Å². The molecule has 2 aliphatic heterocycles. The van der Waals surface area contributed by atoms with Gasteiger partial charge in [-0.15, -0.1) is 0 Å². The lowest BCUT2D eigenvalue weighted by Crippen LogP contribution is -2.53. The summed E-state index contributed by atoms with van der Waals surface area (Å²) in [6.07, 6.45) is 1.36. The van der Waals surface area contributed by atoms with Crippen LogP contribution in [0.25, 0.3) is 0 Å².